The summed E-state index contributed by atoms with van der Waals surface area (Å²) >= 11 is 1.32. The number of nitrogens with zero attached hydrogens (tertiary/aromatic N) is 5. The first-order valence-corrected chi connectivity index (χ1v) is 12.1. The molecule has 0 radical (unpaired) electrons. The summed E-state index contributed by atoms with van der Waals surface area (Å²) in [6, 6.07) is 7.24. The highest BCUT2D eigenvalue weighted by molar-refractivity contribution is 7.07. The van der Waals surface area contributed by atoms with Gasteiger partial charge in [-0.15, -0.1) is 0 Å². The number of anilines is 1. The summed E-state index contributed by atoms with van der Waals surface area (Å²) in [5.41, 5.74) is 4.48. The SMILES string of the molecule is CCOC(=O)C1=C(C)N=c2sc(=Cc3cnn(CC)c3C)c(=O)n2C1c1ccc(N(C)C)cc1. The molecular weight excluding hydrogens is 450 g/mol. The molecule has 34 heavy (non-hydrogen) atoms. The van der Waals surface area contributed by atoms with E-state index >= 15 is 0 Å². The fourth-order valence-electron chi connectivity index (χ4n) is 4.12. The van der Waals surface area contributed by atoms with Crippen LogP contribution in [-0.2, 0) is 16.1 Å². The zero-order chi connectivity index (χ0) is 24.6. The van der Waals surface area contributed by atoms with E-state index in [4.69, 9.17) is 4.74 Å². The van der Waals surface area contributed by atoms with Gasteiger partial charge in [0.05, 0.1) is 34.6 Å². The Morgan fingerprint density at radius 1 is 1.21 bits per heavy atom. The second kappa shape index (κ2) is 9.42. The summed E-state index contributed by atoms with van der Waals surface area (Å²) in [6.07, 6.45) is 3.62. The molecule has 0 N–H and O–H groups in total. The first-order valence-electron chi connectivity index (χ1n) is 11.3. The Kier molecular flexibility index (Phi) is 6.56. The zero-order valence-electron chi connectivity index (χ0n) is 20.3. The molecule has 1 atom stereocenters. The molecule has 1 aromatic carbocycles. The highest BCUT2D eigenvalue weighted by Crippen LogP contribution is 2.31. The van der Waals surface area contributed by atoms with Crippen LogP contribution in [0.1, 0.15) is 43.6 Å². The van der Waals surface area contributed by atoms with Gasteiger partial charge in [0.25, 0.3) is 5.56 Å². The zero-order valence-corrected chi connectivity index (χ0v) is 21.1. The summed E-state index contributed by atoms with van der Waals surface area (Å²) < 4.78 is 9.41. The number of benzene rings is 1. The third-order valence-corrected chi connectivity index (χ3v) is 6.95. The van der Waals surface area contributed by atoms with E-state index in [1.807, 2.05) is 67.9 Å². The molecule has 0 saturated heterocycles. The molecule has 1 aliphatic rings. The molecule has 3 heterocycles. The molecule has 1 aliphatic heterocycles. The van der Waals surface area contributed by atoms with E-state index in [-0.39, 0.29) is 12.2 Å². The fourth-order valence-corrected chi connectivity index (χ4v) is 5.16. The van der Waals surface area contributed by atoms with Gasteiger partial charge in [0.15, 0.2) is 4.80 Å². The van der Waals surface area contributed by atoms with Gasteiger partial charge in [-0.2, -0.15) is 5.10 Å². The minimum Gasteiger partial charge on any atom is -0.463 e. The molecule has 0 bridgehead atoms. The number of carbonyl (C=O) groups excluding carboxylic acids is 1. The first kappa shape index (κ1) is 23.7. The van der Waals surface area contributed by atoms with Crippen LogP contribution in [0, 0.1) is 6.92 Å². The molecule has 9 heteroatoms. The monoisotopic (exact) mass is 479 g/mol. The highest BCUT2D eigenvalue weighted by Gasteiger charge is 2.33. The molecule has 2 aromatic heterocycles. The fraction of sp³-hybridized carbons (Fsp3) is 0.360. The Hall–Kier alpha value is -3.46. The van der Waals surface area contributed by atoms with Crippen molar-refractivity contribution in [3.8, 4) is 0 Å². The summed E-state index contributed by atoms with van der Waals surface area (Å²) in [5, 5.41) is 4.38. The van der Waals surface area contributed by atoms with Crippen molar-refractivity contribution in [1.29, 1.82) is 0 Å². The Labute approximate surface area is 202 Å². The van der Waals surface area contributed by atoms with E-state index < -0.39 is 12.0 Å². The van der Waals surface area contributed by atoms with Crippen LogP contribution in [0.5, 0.6) is 0 Å². The maximum absolute atomic E-state index is 13.7. The molecule has 0 spiro atoms. The van der Waals surface area contributed by atoms with E-state index in [0.29, 0.717) is 20.6 Å². The number of aryl methyl sites for hydroxylation is 1. The minimum absolute atomic E-state index is 0.191. The summed E-state index contributed by atoms with van der Waals surface area (Å²) in [5.74, 6) is -0.459. The van der Waals surface area contributed by atoms with Gasteiger partial charge in [-0.25, -0.2) is 9.79 Å². The van der Waals surface area contributed by atoms with Crippen LogP contribution < -0.4 is 19.8 Å². The van der Waals surface area contributed by atoms with Crippen LogP contribution >= 0.6 is 11.3 Å². The van der Waals surface area contributed by atoms with Crippen molar-refractivity contribution in [2.75, 3.05) is 25.6 Å². The molecule has 0 fully saturated rings. The average Bonchev–Trinajstić information content (AvgIpc) is 3.32. The van der Waals surface area contributed by atoms with E-state index in [9.17, 15) is 9.59 Å². The van der Waals surface area contributed by atoms with Gasteiger partial charge in [-0.3, -0.25) is 14.0 Å². The molecule has 178 valence electrons. The van der Waals surface area contributed by atoms with Gasteiger partial charge in [0, 0.05) is 37.6 Å². The molecule has 0 amide bonds. The number of rotatable bonds is 6. The Morgan fingerprint density at radius 3 is 2.50 bits per heavy atom. The second-order valence-corrected chi connectivity index (χ2v) is 9.30. The number of aromatic nitrogens is 3. The lowest BCUT2D eigenvalue weighted by Gasteiger charge is -2.25. The maximum Gasteiger partial charge on any atom is 0.338 e. The number of fused-ring (bicyclic) bond motifs is 1. The number of hydrogen-bond donors (Lipinski definition) is 0. The number of thiazole rings is 1. The van der Waals surface area contributed by atoms with Gasteiger partial charge in [0.1, 0.15) is 0 Å². The molecule has 0 saturated carbocycles. The smallest absolute Gasteiger partial charge is 0.338 e. The molecule has 1 unspecified atom stereocenters. The molecule has 4 rings (SSSR count). The number of allylic oxidation sites excluding steroid dienone is 1. The quantitative estimate of drug-likeness (QED) is 0.507. The van der Waals surface area contributed by atoms with Crippen LogP contribution in [0.2, 0.25) is 0 Å². The highest BCUT2D eigenvalue weighted by atomic mass is 32.1. The van der Waals surface area contributed by atoms with Gasteiger partial charge >= 0.3 is 5.97 Å². The van der Waals surface area contributed by atoms with Crippen LogP contribution in [0.3, 0.4) is 0 Å². The van der Waals surface area contributed by atoms with E-state index in [0.717, 1.165) is 29.1 Å². The summed E-state index contributed by atoms with van der Waals surface area (Å²) in [6.45, 7) is 8.57. The number of carbonyl (C=O) groups is 1. The molecule has 3 aromatic rings. The second-order valence-electron chi connectivity index (χ2n) is 8.29. The van der Waals surface area contributed by atoms with E-state index in [1.54, 1.807) is 24.6 Å². The van der Waals surface area contributed by atoms with Crippen molar-refractivity contribution in [3.05, 3.63) is 78.2 Å². The average molecular weight is 480 g/mol. The van der Waals surface area contributed by atoms with E-state index in [2.05, 4.69) is 10.1 Å². The number of ether oxygens (including phenoxy) is 1. The van der Waals surface area contributed by atoms with Crippen LogP contribution in [0.25, 0.3) is 6.08 Å². The van der Waals surface area contributed by atoms with Crippen molar-refractivity contribution in [1.82, 2.24) is 14.3 Å². The lowest BCUT2D eigenvalue weighted by Crippen LogP contribution is -2.40. The third-order valence-electron chi connectivity index (χ3n) is 5.97. The third kappa shape index (κ3) is 4.11. The van der Waals surface area contributed by atoms with Crippen LogP contribution in [0.4, 0.5) is 5.69 Å². The summed E-state index contributed by atoms with van der Waals surface area (Å²) in [4.78, 5) is 33.8. The Balaban J connectivity index is 1.93. The molecule has 8 nitrogen and oxygen atoms in total. The summed E-state index contributed by atoms with van der Waals surface area (Å²) in [7, 11) is 3.93. The number of hydrogen-bond acceptors (Lipinski definition) is 7. The molecule has 0 aliphatic carbocycles. The predicted octanol–water partition coefficient (Wildman–Crippen LogP) is 2.39. The van der Waals surface area contributed by atoms with Gasteiger partial charge in [-0.1, -0.05) is 23.5 Å². The normalized spacial score (nSPS) is 15.8. The van der Waals surface area contributed by atoms with Crippen LogP contribution in [0.15, 0.2) is 51.5 Å². The standard InChI is InChI=1S/C25H29N5O3S/c1-7-29-16(4)18(14-26-29)13-20-23(31)30-22(17-9-11-19(12-10-17)28(5)6)21(24(32)33-8-2)15(3)27-25(30)34-20/h9-14,22H,7-8H2,1-6H3. The van der Waals surface area contributed by atoms with E-state index in [1.165, 1.54) is 11.3 Å². The largest absolute Gasteiger partial charge is 0.463 e. The van der Waals surface area contributed by atoms with Crippen LogP contribution in [-0.4, -0.2) is 41.0 Å². The lowest BCUT2D eigenvalue weighted by molar-refractivity contribution is -0.139. The van der Waals surface area contributed by atoms with Gasteiger partial charge < -0.3 is 9.64 Å². The van der Waals surface area contributed by atoms with Crippen molar-refractivity contribution in [2.24, 2.45) is 4.99 Å². The topological polar surface area (TPSA) is 81.7 Å². The first-order chi connectivity index (χ1) is 16.3. The lowest BCUT2D eigenvalue weighted by atomic mass is 9.95. The predicted molar refractivity (Wildman–Crippen MR) is 134 cm³/mol. The minimum atomic E-state index is -0.617. The van der Waals surface area contributed by atoms with Crippen molar-refractivity contribution in [3.63, 3.8) is 0 Å². The Morgan fingerprint density at radius 2 is 1.91 bits per heavy atom. The number of esters is 1. The Bertz CT molecular complexity index is 1440. The van der Waals surface area contributed by atoms with Gasteiger partial charge in [-0.05, 0) is 51.5 Å². The van der Waals surface area contributed by atoms with Crippen molar-refractivity contribution in [2.45, 2.75) is 40.3 Å². The van der Waals surface area contributed by atoms with Crippen molar-refractivity contribution >= 4 is 29.1 Å². The molecular formula is C25H29N5O3S. The van der Waals surface area contributed by atoms with Gasteiger partial charge in [0.2, 0.25) is 0 Å². The van der Waals surface area contributed by atoms with Crippen molar-refractivity contribution < 1.29 is 9.53 Å². The maximum atomic E-state index is 13.7.